The molecular weight excluding hydrogens is 939 g/mol. The maximum atomic E-state index is 14.8. The predicted octanol–water partition coefficient (Wildman–Crippen LogP) is 3.59. The van der Waals surface area contributed by atoms with Gasteiger partial charge in [-0.1, -0.05) is 73.9 Å². The number of aliphatic hydroxyl groups is 1. The number of methoxy groups -OCH3 is 1. The Morgan fingerprint density at radius 3 is 1.84 bits per heavy atom. The molecule has 2 aliphatic heterocycles. The Morgan fingerprint density at radius 2 is 1.32 bits per heavy atom. The van der Waals surface area contributed by atoms with E-state index in [2.05, 4.69) is 10.6 Å². The first-order valence-corrected chi connectivity index (χ1v) is 26.3. The summed E-state index contributed by atoms with van der Waals surface area (Å²) in [6.07, 6.45) is 0.407. The van der Waals surface area contributed by atoms with Crippen molar-refractivity contribution >= 4 is 53.0 Å². The Bertz CT molecular complexity index is 2060. The topological polar surface area (TPSA) is 255 Å². The number of nitrogens with zero attached hydrogens (tertiary/aromatic N) is 4. The number of rotatable bonds is 28. The summed E-state index contributed by atoms with van der Waals surface area (Å²) >= 11 is 0. The van der Waals surface area contributed by atoms with Crippen LogP contribution in [0, 0.1) is 23.7 Å². The number of ketones is 2. The molecule has 0 unspecified atom stereocenters. The van der Waals surface area contributed by atoms with Crippen LogP contribution in [0.15, 0.2) is 24.3 Å². The Hall–Kier alpha value is -5.43. The number of hydrogen-bond donors (Lipinski definition) is 4. The number of likely N-dealkylation sites (N-methyl/N-ethyl adjacent to an activating group) is 2. The number of hydrogen-bond acceptors (Lipinski definition) is 13. The van der Waals surface area contributed by atoms with Gasteiger partial charge in [-0.2, -0.15) is 0 Å². The molecule has 2 saturated heterocycles. The fourth-order valence-corrected chi connectivity index (χ4v) is 9.62. The molecule has 0 spiro atoms. The zero-order valence-corrected chi connectivity index (χ0v) is 45.8. The van der Waals surface area contributed by atoms with Gasteiger partial charge in [-0.15, -0.1) is 0 Å². The average molecular weight is 1030 g/mol. The minimum absolute atomic E-state index is 0.0602. The molecule has 1 aromatic rings. The summed E-state index contributed by atoms with van der Waals surface area (Å²) < 4.78 is 11.5. The van der Waals surface area contributed by atoms with E-state index in [9.17, 15) is 48.3 Å². The smallest absolute Gasteiger partial charge is 0.329 e. The van der Waals surface area contributed by atoms with Crippen molar-refractivity contribution in [2.75, 3.05) is 34.3 Å². The highest BCUT2D eigenvalue weighted by molar-refractivity contribution is 6.35. The van der Waals surface area contributed by atoms with Gasteiger partial charge in [-0.3, -0.25) is 38.4 Å². The summed E-state index contributed by atoms with van der Waals surface area (Å²) in [7, 11) is 4.38. The number of nitrogens with two attached hydrogens (primary N) is 1. The second-order valence-electron chi connectivity index (χ2n) is 21.5. The Labute approximate surface area is 433 Å². The monoisotopic (exact) mass is 1030 g/mol. The van der Waals surface area contributed by atoms with Crippen molar-refractivity contribution in [3.63, 3.8) is 0 Å². The van der Waals surface area contributed by atoms with Crippen LogP contribution in [0.25, 0.3) is 0 Å². The van der Waals surface area contributed by atoms with Crippen molar-refractivity contribution in [1.82, 2.24) is 30.2 Å². The van der Waals surface area contributed by atoms with Gasteiger partial charge in [0, 0.05) is 53.4 Å². The largest absolute Gasteiger partial charge is 0.497 e. The van der Waals surface area contributed by atoms with E-state index in [0.29, 0.717) is 56.4 Å². The Kier molecular flexibility index (Phi) is 24.5. The molecule has 3 rings (SSSR count). The maximum absolute atomic E-state index is 14.8. The van der Waals surface area contributed by atoms with Crippen molar-refractivity contribution in [1.29, 1.82) is 0 Å². The molecule has 19 nitrogen and oxygen atoms in total. The lowest BCUT2D eigenvalue weighted by Gasteiger charge is -2.36. The third-order valence-electron chi connectivity index (χ3n) is 14.2. The van der Waals surface area contributed by atoms with E-state index >= 15 is 0 Å². The van der Waals surface area contributed by atoms with Crippen molar-refractivity contribution in [3.8, 4) is 5.75 Å². The fourth-order valence-electron chi connectivity index (χ4n) is 9.62. The fraction of sp³-hybridized carbons (Fsp3) is 0.722. The van der Waals surface area contributed by atoms with Gasteiger partial charge >= 0.3 is 5.97 Å². The van der Waals surface area contributed by atoms with Crippen molar-refractivity contribution in [2.45, 2.75) is 194 Å². The van der Waals surface area contributed by atoms with Crippen molar-refractivity contribution in [2.24, 2.45) is 29.4 Å². The highest BCUT2D eigenvalue weighted by Gasteiger charge is 2.44. The van der Waals surface area contributed by atoms with Gasteiger partial charge < -0.3 is 50.5 Å². The van der Waals surface area contributed by atoms with Gasteiger partial charge in [0.1, 0.15) is 47.8 Å². The normalized spacial score (nSPS) is 19.0. The molecule has 0 aromatic heterocycles. The van der Waals surface area contributed by atoms with E-state index in [-0.39, 0.29) is 74.0 Å². The number of amides is 6. The van der Waals surface area contributed by atoms with E-state index in [1.807, 2.05) is 48.5 Å². The lowest BCUT2D eigenvalue weighted by molar-refractivity contribution is -0.162. The summed E-state index contributed by atoms with van der Waals surface area (Å²) in [5.74, 6) is -5.35. The molecule has 1 aromatic carbocycles. The van der Waals surface area contributed by atoms with Crippen molar-refractivity contribution < 1.29 is 57.7 Å². The van der Waals surface area contributed by atoms with E-state index in [4.69, 9.17) is 15.2 Å². The number of likely N-dealkylation sites (tertiary alicyclic amines) is 2. The van der Waals surface area contributed by atoms with E-state index in [0.717, 1.165) is 6.92 Å². The molecule has 2 heterocycles. The summed E-state index contributed by atoms with van der Waals surface area (Å²) in [6.45, 7) is 18.3. The van der Waals surface area contributed by atoms with Gasteiger partial charge in [-0.25, -0.2) is 4.79 Å². The SMILES string of the molecule is CC[C@H](C)[C@@H](NC(=O)[C@@H](NC(=O)[C@@H](CC(C)C)N(C)C(=O)[C@@H]1CCCN1C(=O)C(C)=O)[C@@H](C)OC(=O)[C@H](Cc1ccc(OC)cc1)N(C)C(=O)[C@@H]1CCCN1C(=O)[C@@H](N)CC(C)C)[C@@H](O)CC(=O)CCC(C)C. The predicted molar refractivity (Wildman–Crippen MR) is 275 cm³/mol. The molecule has 2 aliphatic rings. The van der Waals surface area contributed by atoms with Crippen LogP contribution in [0.4, 0.5) is 0 Å². The number of carbonyl (C=O) groups is 9. The number of esters is 1. The summed E-state index contributed by atoms with van der Waals surface area (Å²) in [5.41, 5.74) is 6.94. The number of benzene rings is 1. The number of carbonyl (C=O) groups excluding carboxylic acids is 9. The second-order valence-corrected chi connectivity index (χ2v) is 21.5. The third kappa shape index (κ3) is 17.6. The highest BCUT2D eigenvalue weighted by atomic mass is 16.5. The minimum atomic E-state index is -1.67. The molecule has 410 valence electrons. The van der Waals surface area contributed by atoms with Crippen LogP contribution >= 0.6 is 0 Å². The molecule has 19 heteroatoms. The molecular formula is C54H87N7O12. The lowest BCUT2D eigenvalue weighted by Crippen LogP contribution is -2.62. The standard InChI is InChI=1S/C54H87N7O12/c1-14-34(8)46(45(64)30-38(63)22-19-31(2)3)56-49(66)47(57-48(65)43(28-33(6)7)58(11)52(69)41-17-15-25-60(41)50(67)35(9)62)36(10)73-54(71)44(29-37-20-23-39(72-13)24-21-37)59(12)53(70)42-18-16-26-61(42)51(68)40(55)27-32(4)5/h20-21,23-24,31-34,36,40-47,64H,14-19,22,25-30,55H2,1-13H3,(H,56,66)(H,57,65)/t34-,36+,40-,41-,42-,43+,44-,45-,46+,47-/m0/s1. The molecule has 6 amide bonds. The van der Waals surface area contributed by atoms with Gasteiger partial charge in [0.2, 0.25) is 35.3 Å². The Balaban J connectivity index is 2.10. The quantitative estimate of drug-likeness (QED) is 0.0693. The summed E-state index contributed by atoms with van der Waals surface area (Å²) in [4.78, 5) is 130. The third-order valence-corrected chi connectivity index (χ3v) is 14.2. The van der Waals surface area contributed by atoms with Crippen LogP contribution in [-0.4, -0.2) is 166 Å². The lowest BCUT2D eigenvalue weighted by atomic mass is 9.90. The van der Waals surface area contributed by atoms with Gasteiger partial charge in [0.25, 0.3) is 5.91 Å². The number of ether oxygens (including phenoxy) is 2. The average Bonchev–Trinajstić information content (AvgIpc) is 4.04. The minimum Gasteiger partial charge on any atom is -0.497 e. The first kappa shape index (κ1) is 61.9. The first-order valence-electron chi connectivity index (χ1n) is 26.3. The van der Waals surface area contributed by atoms with Crippen LogP contribution in [0.3, 0.4) is 0 Å². The highest BCUT2D eigenvalue weighted by Crippen LogP contribution is 2.26. The second kappa shape index (κ2) is 28.9. The van der Waals surface area contributed by atoms with Crippen LogP contribution < -0.4 is 21.1 Å². The van der Waals surface area contributed by atoms with Gasteiger partial charge in [-0.05, 0) is 93.2 Å². The molecule has 0 radical (unpaired) electrons. The van der Waals surface area contributed by atoms with E-state index < -0.39 is 95.8 Å². The van der Waals surface area contributed by atoms with E-state index in [1.54, 1.807) is 31.2 Å². The van der Waals surface area contributed by atoms with E-state index in [1.165, 1.54) is 47.7 Å². The Morgan fingerprint density at radius 1 is 0.767 bits per heavy atom. The number of Topliss-reactive ketones (excluding diaryl/α,β-unsaturated/α-hetero) is 2. The molecule has 2 fully saturated rings. The van der Waals surface area contributed by atoms with Gasteiger partial charge in [0.05, 0.1) is 25.3 Å². The first-order chi connectivity index (χ1) is 34.2. The molecule has 0 saturated carbocycles. The summed E-state index contributed by atoms with van der Waals surface area (Å²) in [6, 6.07) is -1.06. The van der Waals surface area contributed by atoms with Crippen LogP contribution in [0.1, 0.15) is 139 Å². The van der Waals surface area contributed by atoms with Crippen molar-refractivity contribution in [3.05, 3.63) is 29.8 Å². The zero-order valence-electron chi connectivity index (χ0n) is 45.8. The van der Waals surface area contributed by atoms with Gasteiger partial charge in [0.15, 0.2) is 0 Å². The molecule has 0 bridgehead atoms. The van der Waals surface area contributed by atoms with Crippen LogP contribution in [0.2, 0.25) is 0 Å². The molecule has 5 N–H and O–H groups in total. The summed E-state index contributed by atoms with van der Waals surface area (Å²) in [5, 5.41) is 17.2. The maximum Gasteiger partial charge on any atom is 0.329 e. The molecule has 0 aliphatic carbocycles. The zero-order chi connectivity index (χ0) is 55.0. The number of aliphatic hydroxyl groups excluding tert-OH is 1. The number of nitrogens with one attached hydrogen (secondary N) is 2. The molecule has 73 heavy (non-hydrogen) atoms. The molecule has 10 atom stereocenters. The van der Waals surface area contributed by atoms with Crippen LogP contribution in [0.5, 0.6) is 5.75 Å². The van der Waals surface area contributed by atoms with Crippen LogP contribution in [-0.2, 0) is 54.3 Å².